The van der Waals surface area contributed by atoms with Crippen LogP contribution >= 0.6 is 11.3 Å². The minimum atomic E-state index is -1.44. The van der Waals surface area contributed by atoms with Gasteiger partial charge in [0.05, 0.1) is 13.2 Å². The summed E-state index contributed by atoms with van der Waals surface area (Å²) in [5.41, 5.74) is -0.0439. The number of allylic oxidation sites excluding steroid dienone is 1. The number of aliphatic carboxylic acids is 1. The fourth-order valence-electron chi connectivity index (χ4n) is 6.69. The van der Waals surface area contributed by atoms with Gasteiger partial charge in [-0.2, -0.15) is 9.90 Å². The summed E-state index contributed by atoms with van der Waals surface area (Å²) < 4.78 is 5.33. The Labute approximate surface area is 294 Å². The summed E-state index contributed by atoms with van der Waals surface area (Å²) in [7, 11) is 1.59. The number of ether oxygens (including phenoxy) is 1. The van der Waals surface area contributed by atoms with Crippen molar-refractivity contribution in [3.8, 4) is 27.7 Å². The lowest BCUT2D eigenvalue weighted by molar-refractivity contribution is -0.145. The molecule has 1 aliphatic carbocycles. The summed E-state index contributed by atoms with van der Waals surface area (Å²) in [6, 6.07) is 4.49. The number of hydrogen-bond donors (Lipinski definition) is 4. The van der Waals surface area contributed by atoms with E-state index in [0.29, 0.717) is 35.0 Å². The van der Waals surface area contributed by atoms with E-state index in [4.69, 9.17) is 14.9 Å². The number of carbonyl (C=O) groups excluding carboxylic acids is 3. The van der Waals surface area contributed by atoms with Crippen LogP contribution in [-0.2, 0) is 14.4 Å². The van der Waals surface area contributed by atoms with Crippen molar-refractivity contribution < 1.29 is 29.0 Å². The van der Waals surface area contributed by atoms with E-state index in [1.165, 1.54) is 21.0 Å². The van der Waals surface area contributed by atoms with E-state index >= 15 is 0 Å². The largest absolute Gasteiger partial charge is 0.497 e. The number of carboxylic acid groups (broad SMARTS) is 1. The minimum Gasteiger partial charge on any atom is -0.497 e. The average molecular weight is 705 g/mol. The Kier molecular flexibility index (Phi) is 9.96. The highest BCUT2D eigenvalue weighted by Crippen LogP contribution is 2.45. The predicted molar refractivity (Wildman–Crippen MR) is 186 cm³/mol. The maximum Gasteiger partial charge on any atom is 0.330 e. The Morgan fingerprint density at radius 3 is 2.54 bits per heavy atom. The van der Waals surface area contributed by atoms with Crippen LogP contribution in [0, 0.1) is 5.92 Å². The number of aromatic nitrogens is 4. The summed E-state index contributed by atoms with van der Waals surface area (Å²) in [5, 5.41) is 31.0. The Morgan fingerprint density at radius 1 is 1.10 bits per heavy atom. The number of nitrogens with one attached hydrogen (secondary N) is 3. The molecule has 14 nitrogen and oxygen atoms in total. The highest BCUT2D eigenvalue weighted by molar-refractivity contribution is 7.13. The molecule has 4 amide bonds. The molecule has 266 valence electrons. The van der Waals surface area contributed by atoms with Gasteiger partial charge in [0.1, 0.15) is 39.8 Å². The number of carboxylic acids is 1. The van der Waals surface area contributed by atoms with Gasteiger partial charge in [0.2, 0.25) is 11.8 Å². The van der Waals surface area contributed by atoms with Gasteiger partial charge in [-0.3, -0.25) is 9.59 Å². The van der Waals surface area contributed by atoms with Crippen molar-refractivity contribution in [1.82, 2.24) is 40.8 Å². The second-order valence-electron chi connectivity index (χ2n) is 14.2. The van der Waals surface area contributed by atoms with Crippen LogP contribution in [0.2, 0.25) is 0 Å². The van der Waals surface area contributed by atoms with Gasteiger partial charge < -0.3 is 30.7 Å². The maximum absolute atomic E-state index is 14.4. The van der Waals surface area contributed by atoms with Crippen LogP contribution in [0.25, 0.3) is 22.0 Å². The SMILES string of the molecule is COc1ccc(-c2nn([C@@H]3C[C@H]4C(=O)N[C@@]5(C(=O)O)C[C@H]5/C=C\CCCCC[C@@H](NC(=O)NC(C)(C)C)C(=O)N4C3)nc2-c2nccs2)cc1. The molecule has 0 bridgehead atoms. The van der Waals surface area contributed by atoms with Crippen molar-refractivity contribution in [2.24, 2.45) is 5.92 Å². The van der Waals surface area contributed by atoms with Crippen LogP contribution in [0.3, 0.4) is 0 Å². The molecular weight excluding hydrogens is 661 g/mol. The molecule has 1 aromatic carbocycles. The van der Waals surface area contributed by atoms with Crippen molar-refractivity contribution in [2.75, 3.05) is 13.7 Å². The standard InChI is InChI=1S/C35H44N8O6S/c1-34(2,3)39-33(48)37-25-11-9-7-5-6-8-10-22-19-35(22,32(46)47)38-29(44)26-18-23(20-42(26)31(25)45)43-40-27(21-12-14-24(49-4)15-13-21)28(41-43)30-36-16-17-50-30/h8,10,12-17,22-23,25-26H,5-7,9,11,18-20H2,1-4H3,(H,38,44)(H,46,47)(H2,37,39,48)/b10-8-/t22-,23-,25-,26+,35+/m1/s1. The van der Waals surface area contributed by atoms with E-state index in [1.54, 1.807) is 13.3 Å². The molecule has 2 fully saturated rings. The van der Waals surface area contributed by atoms with Gasteiger partial charge in [0.25, 0.3) is 0 Å². The van der Waals surface area contributed by atoms with Crippen molar-refractivity contribution in [2.45, 2.75) is 94.9 Å². The number of methoxy groups -OCH3 is 1. The fraction of sp³-hybridized carbons (Fsp3) is 0.514. The van der Waals surface area contributed by atoms with Crippen LogP contribution < -0.4 is 20.7 Å². The average Bonchev–Trinajstić information content (AvgIpc) is 3.52. The maximum atomic E-state index is 14.4. The molecule has 3 aromatic rings. The molecule has 15 heteroatoms. The molecule has 4 heterocycles. The Hall–Kier alpha value is -4.79. The summed E-state index contributed by atoms with van der Waals surface area (Å²) in [6.07, 6.45) is 9.44. The third-order valence-electron chi connectivity index (χ3n) is 9.39. The smallest absolute Gasteiger partial charge is 0.330 e. The molecule has 2 aliphatic heterocycles. The second-order valence-corrected chi connectivity index (χ2v) is 15.1. The summed E-state index contributed by atoms with van der Waals surface area (Å²) in [6.45, 7) is 5.63. The van der Waals surface area contributed by atoms with Crippen LogP contribution in [0.15, 0.2) is 48.0 Å². The number of rotatable bonds is 6. The van der Waals surface area contributed by atoms with Crippen molar-refractivity contribution in [1.29, 1.82) is 0 Å². The third kappa shape index (κ3) is 7.52. The first-order chi connectivity index (χ1) is 23.9. The normalized spacial score (nSPS) is 26.4. The van der Waals surface area contributed by atoms with Gasteiger partial charge in [-0.15, -0.1) is 16.4 Å². The fourth-order valence-corrected chi connectivity index (χ4v) is 7.31. The highest BCUT2D eigenvalue weighted by Gasteiger charge is 2.61. The number of benzene rings is 1. The molecule has 2 aromatic heterocycles. The number of carbonyl (C=O) groups is 4. The van der Waals surface area contributed by atoms with Gasteiger partial charge in [0.15, 0.2) is 0 Å². The highest BCUT2D eigenvalue weighted by atomic mass is 32.1. The van der Waals surface area contributed by atoms with Crippen LogP contribution in [0.4, 0.5) is 4.79 Å². The number of urea groups is 1. The topological polar surface area (TPSA) is 181 Å². The van der Waals surface area contributed by atoms with Crippen molar-refractivity contribution >= 4 is 35.2 Å². The summed E-state index contributed by atoms with van der Waals surface area (Å²) in [5.74, 6) is -1.74. The Morgan fingerprint density at radius 2 is 1.86 bits per heavy atom. The van der Waals surface area contributed by atoms with Gasteiger partial charge in [-0.25, -0.2) is 14.6 Å². The number of thiazole rings is 1. The van der Waals surface area contributed by atoms with E-state index < -0.39 is 53.0 Å². The first-order valence-corrected chi connectivity index (χ1v) is 17.9. The molecule has 1 saturated carbocycles. The molecule has 1 saturated heterocycles. The quantitative estimate of drug-likeness (QED) is 0.274. The Bertz CT molecular complexity index is 1750. The Balaban J connectivity index is 1.35. The second kappa shape index (κ2) is 14.2. The number of amides is 4. The number of nitrogens with zero attached hydrogens (tertiary/aromatic N) is 5. The summed E-state index contributed by atoms with van der Waals surface area (Å²) >= 11 is 1.42. The van der Waals surface area contributed by atoms with Crippen LogP contribution in [0.1, 0.15) is 71.8 Å². The van der Waals surface area contributed by atoms with E-state index in [-0.39, 0.29) is 25.3 Å². The molecule has 5 atom stereocenters. The van der Waals surface area contributed by atoms with Crippen molar-refractivity contribution in [3.63, 3.8) is 0 Å². The molecule has 4 N–H and O–H groups in total. The number of fused-ring (bicyclic) bond motifs is 2. The molecule has 0 spiro atoms. The van der Waals surface area contributed by atoms with Gasteiger partial charge >= 0.3 is 12.0 Å². The molecule has 50 heavy (non-hydrogen) atoms. The number of hydrogen-bond acceptors (Lipinski definition) is 9. The van der Waals surface area contributed by atoms with E-state index in [0.717, 1.165) is 24.8 Å². The lowest BCUT2D eigenvalue weighted by Crippen LogP contribution is -2.58. The molecular formula is C35H44N8O6S. The third-order valence-corrected chi connectivity index (χ3v) is 10.2. The lowest BCUT2D eigenvalue weighted by Gasteiger charge is -2.30. The minimum absolute atomic E-state index is 0.0768. The van der Waals surface area contributed by atoms with Gasteiger partial charge in [0, 0.05) is 41.6 Å². The zero-order chi connectivity index (χ0) is 35.6. The van der Waals surface area contributed by atoms with Crippen LogP contribution in [0.5, 0.6) is 5.75 Å². The van der Waals surface area contributed by atoms with Gasteiger partial charge in [-0.1, -0.05) is 25.0 Å². The molecule has 0 radical (unpaired) electrons. The van der Waals surface area contributed by atoms with Gasteiger partial charge in [-0.05, 0) is 70.7 Å². The van der Waals surface area contributed by atoms with E-state index in [2.05, 4.69) is 20.9 Å². The molecule has 6 rings (SSSR count). The zero-order valence-electron chi connectivity index (χ0n) is 28.7. The predicted octanol–water partition coefficient (Wildman–Crippen LogP) is 4.17. The van der Waals surface area contributed by atoms with E-state index in [1.807, 2.05) is 62.6 Å². The monoisotopic (exact) mass is 704 g/mol. The van der Waals surface area contributed by atoms with E-state index in [9.17, 15) is 24.3 Å². The summed E-state index contributed by atoms with van der Waals surface area (Å²) in [4.78, 5) is 61.5. The first kappa shape index (κ1) is 35.1. The zero-order valence-corrected chi connectivity index (χ0v) is 29.5. The van der Waals surface area contributed by atoms with Crippen LogP contribution in [-0.4, -0.2) is 90.6 Å². The molecule has 3 aliphatic rings. The first-order valence-electron chi connectivity index (χ1n) is 17.0. The molecule has 0 unspecified atom stereocenters. The lowest BCUT2D eigenvalue weighted by atomic mass is 10.0. The van der Waals surface area contributed by atoms with Crippen molar-refractivity contribution in [3.05, 3.63) is 48.0 Å².